The van der Waals surface area contributed by atoms with E-state index in [1.807, 2.05) is 6.92 Å². The molecular weight excluding hydrogens is 534 g/mol. The molecule has 3 aromatic rings. The van der Waals surface area contributed by atoms with Gasteiger partial charge in [-0.15, -0.1) is 13.2 Å². The van der Waals surface area contributed by atoms with Crippen molar-refractivity contribution >= 4 is 28.7 Å². The second kappa shape index (κ2) is 11.4. The summed E-state index contributed by atoms with van der Waals surface area (Å²) in [4.78, 5) is 30.1. The highest BCUT2D eigenvalue weighted by molar-refractivity contribution is 6.00. The highest BCUT2D eigenvalue weighted by atomic mass is 19.4. The predicted octanol–water partition coefficient (Wildman–Crippen LogP) is 2.87. The Morgan fingerprint density at radius 1 is 1.32 bits per heavy atom. The Morgan fingerprint density at radius 3 is 2.70 bits per heavy atom. The van der Waals surface area contributed by atoms with E-state index in [1.165, 1.54) is 28.8 Å². The van der Waals surface area contributed by atoms with Crippen LogP contribution in [0.4, 0.5) is 23.4 Å². The number of alkyl halides is 3. The molecule has 1 aliphatic heterocycles. The van der Waals surface area contributed by atoms with Crippen molar-refractivity contribution in [2.24, 2.45) is 11.7 Å². The molecule has 0 aliphatic carbocycles. The first-order chi connectivity index (χ1) is 18.9. The van der Waals surface area contributed by atoms with Crippen LogP contribution in [-0.4, -0.2) is 68.6 Å². The van der Waals surface area contributed by atoms with Gasteiger partial charge in [-0.2, -0.15) is 5.10 Å². The molecule has 212 valence electrons. The van der Waals surface area contributed by atoms with Gasteiger partial charge in [-0.05, 0) is 37.3 Å². The van der Waals surface area contributed by atoms with Crippen molar-refractivity contribution < 1.29 is 31.9 Å². The average molecular weight is 562 g/mol. The number of benzene rings is 1. The number of aryl methyl sites for hydroxylation is 1. The molecule has 10 nitrogen and oxygen atoms in total. The SMILES string of the molecule is C=CC(=O)N1C[C@@H](Cn2nc(C#Cc3cc4ncn(CC)c4cc3F)c(C(N)=O)c2NC)C[C@@H]1COC(F)(F)F. The molecule has 0 saturated carbocycles. The maximum absolute atomic E-state index is 14.8. The maximum Gasteiger partial charge on any atom is 0.522 e. The number of hydrogen-bond acceptors (Lipinski definition) is 6. The highest BCUT2D eigenvalue weighted by Gasteiger charge is 2.39. The largest absolute Gasteiger partial charge is 0.522 e. The number of rotatable bonds is 8. The Bertz CT molecular complexity index is 1520. The topological polar surface area (TPSA) is 120 Å². The second-order valence-corrected chi connectivity index (χ2v) is 9.18. The van der Waals surface area contributed by atoms with Crippen molar-refractivity contribution in [2.75, 3.05) is 25.5 Å². The van der Waals surface area contributed by atoms with Crippen LogP contribution in [0.3, 0.4) is 0 Å². The van der Waals surface area contributed by atoms with E-state index in [0.29, 0.717) is 17.6 Å². The number of amides is 2. The van der Waals surface area contributed by atoms with Crippen molar-refractivity contribution in [1.82, 2.24) is 24.2 Å². The summed E-state index contributed by atoms with van der Waals surface area (Å²) in [6.45, 7) is 5.44. The molecule has 1 aliphatic rings. The van der Waals surface area contributed by atoms with Gasteiger partial charge in [0, 0.05) is 32.7 Å². The van der Waals surface area contributed by atoms with Gasteiger partial charge in [0.05, 0.1) is 35.6 Å². The lowest BCUT2D eigenvalue weighted by Crippen LogP contribution is -2.38. The van der Waals surface area contributed by atoms with Crippen LogP contribution in [0.1, 0.15) is 35.0 Å². The van der Waals surface area contributed by atoms with Gasteiger partial charge in [0.2, 0.25) is 5.91 Å². The number of ether oxygens (including phenoxy) is 1. The molecule has 1 aromatic carbocycles. The van der Waals surface area contributed by atoms with E-state index in [2.05, 4.69) is 38.6 Å². The first-order valence-corrected chi connectivity index (χ1v) is 12.3. The van der Waals surface area contributed by atoms with Gasteiger partial charge < -0.3 is 20.5 Å². The Balaban J connectivity index is 1.63. The summed E-state index contributed by atoms with van der Waals surface area (Å²) in [7, 11) is 1.54. The number of nitrogens with zero attached hydrogens (tertiary/aromatic N) is 5. The van der Waals surface area contributed by atoms with Crippen LogP contribution in [0, 0.1) is 23.6 Å². The summed E-state index contributed by atoms with van der Waals surface area (Å²) in [5, 5.41) is 7.25. The number of likely N-dealkylation sites (tertiary alicyclic amines) is 1. The van der Waals surface area contributed by atoms with Gasteiger partial charge in [-0.1, -0.05) is 12.5 Å². The molecule has 2 amide bonds. The fourth-order valence-electron chi connectivity index (χ4n) is 4.85. The van der Waals surface area contributed by atoms with Crippen LogP contribution < -0.4 is 11.1 Å². The molecule has 1 fully saturated rings. The molecule has 2 atom stereocenters. The zero-order valence-electron chi connectivity index (χ0n) is 21.8. The van der Waals surface area contributed by atoms with Crippen LogP contribution in [-0.2, 0) is 22.6 Å². The number of carbonyl (C=O) groups excluding carboxylic acids is 2. The number of anilines is 1. The fourth-order valence-corrected chi connectivity index (χ4v) is 4.85. The summed E-state index contributed by atoms with van der Waals surface area (Å²) in [5.41, 5.74) is 6.79. The Morgan fingerprint density at radius 2 is 2.08 bits per heavy atom. The summed E-state index contributed by atoms with van der Waals surface area (Å²) >= 11 is 0. The molecule has 0 bridgehead atoms. The van der Waals surface area contributed by atoms with Crippen molar-refractivity contribution in [2.45, 2.75) is 38.8 Å². The number of aromatic nitrogens is 4. The minimum atomic E-state index is -4.84. The van der Waals surface area contributed by atoms with Crippen LogP contribution in [0.25, 0.3) is 11.0 Å². The first-order valence-electron chi connectivity index (χ1n) is 12.3. The lowest BCUT2D eigenvalue weighted by molar-refractivity contribution is -0.327. The second-order valence-electron chi connectivity index (χ2n) is 9.18. The number of hydrogen-bond donors (Lipinski definition) is 2. The summed E-state index contributed by atoms with van der Waals surface area (Å²) in [6, 6.07) is 1.99. The summed E-state index contributed by atoms with van der Waals surface area (Å²) in [5.74, 6) is 3.37. The first kappa shape index (κ1) is 28.6. The van der Waals surface area contributed by atoms with Crippen molar-refractivity contribution in [3.05, 3.63) is 53.8 Å². The van der Waals surface area contributed by atoms with E-state index in [4.69, 9.17) is 5.73 Å². The van der Waals surface area contributed by atoms with Gasteiger partial charge in [-0.3, -0.25) is 14.3 Å². The van der Waals surface area contributed by atoms with Gasteiger partial charge >= 0.3 is 6.36 Å². The fraction of sp³-hybridized carbons (Fsp3) is 0.385. The molecule has 3 N–H and O–H groups in total. The van der Waals surface area contributed by atoms with Crippen LogP contribution in [0.2, 0.25) is 0 Å². The molecule has 40 heavy (non-hydrogen) atoms. The number of nitrogens with two attached hydrogens (primary N) is 1. The Kier molecular flexibility index (Phi) is 8.15. The molecule has 0 spiro atoms. The Hall–Kier alpha value is -4.38. The van der Waals surface area contributed by atoms with Crippen LogP contribution in [0.5, 0.6) is 0 Å². The molecule has 4 rings (SSSR count). The molecule has 0 radical (unpaired) electrons. The van der Waals surface area contributed by atoms with Crippen molar-refractivity contribution in [1.29, 1.82) is 0 Å². The monoisotopic (exact) mass is 561 g/mol. The number of halogens is 4. The quantitative estimate of drug-likeness (QED) is 0.248. The molecule has 14 heteroatoms. The van der Waals surface area contributed by atoms with Gasteiger partial charge in [0.25, 0.3) is 5.91 Å². The highest BCUT2D eigenvalue weighted by Crippen LogP contribution is 2.30. The smallest absolute Gasteiger partial charge is 0.373 e. The van der Waals surface area contributed by atoms with Crippen molar-refractivity contribution in [3.8, 4) is 11.8 Å². The molecule has 3 heterocycles. The lowest BCUT2D eigenvalue weighted by Gasteiger charge is -2.23. The number of imidazole rings is 1. The minimum absolute atomic E-state index is 0.00981. The van der Waals surface area contributed by atoms with Gasteiger partial charge in [0.15, 0.2) is 5.69 Å². The molecular formula is C26H27F4N7O3. The zero-order valence-corrected chi connectivity index (χ0v) is 21.8. The van der Waals surface area contributed by atoms with E-state index in [-0.39, 0.29) is 48.1 Å². The van der Waals surface area contributed by atoms with Gasteiger partial charge in [0.1, 0.15) is 17.2 Å². The average Bonchev–Trinajstić information content (AvgIpc) is 3.59. The van der Waals surface area contributed by atoms with E-state index < -0.39 is 36.6 Å². The standard InChI is InChI=1S/C26H27F4N7O3/c1-4-22(38)36-11-15(8-17(36)13-40-26(28,29)30)12-37-25(32-3)23(24(31)39)19(34-37)7-6-16-9-20-21(10-18(16)27)35(5-2)14-33-20/h4,9-10,14-15,17,32H,1,5,8,11-13H2,2-3H3,(H2,31,39)/t15-,17+/m0/s1. The Labute approximate surface area is 226 Å². The normalized spacial score (nSPS) is 17.1. The van der Waals surface area contributed by atoms with Crippen LogP contribution in [0.15, 0.2) is 31.1 Å². The zero-order chi connectivity index (χ0) is 29.2. The summed E-state index contributed by atoms with van der Waals surface area (Å²) in [6.07, 6.45) is -2.04. The van der Waals surface area contributed by atoms with Gasteiger partial charge in [-0.25, -0.2) is 14.1 Å². The number of fused-ring (bicyclic) bond motifs is 1. The number of carbonyl (C=O) groups is 2. The molecule has 2 aromatic heterocycles. The minimum Gasteiger partial charge on any atom is -0.373 e. The van der Waals surface area contributed by atoms with E-state index >= 15 is 0 Å². The lowest BCUT2D eigenvalue weighted by atomic mass is 10.1. The third kappa shape index (κ3) is 5.94. The molecule has 0 unspecified atom stereocenters. The van der Waals surface area contributed by atoms with E-state index in [0.717, 1.165) is 6.08 Å². The third-order valence-electron chi connectivity index (χ3n) is 6.63. The predicted molar refractivity (Wildman–Crippen MR) is 137 cm³/mol. The summed E-state index contributed by atoms with van der Waals surface area (Å²) < 4.78 is 59.9. The van der Waals surface area contributed by atoms with Crippen LogP contribution >= 0.6 is 0 Å². The number of nitrogens with one attached hydrogen (secondary N) is 1. The van der Waals surface area contributed by atoms with E-state index in [9.17, 15) is 27.2 Å². The molecule has 1 saturated heterocycles. The number of primary amides is 1. The maximum atomic E-state index is 14.8. The van der Waals surface area contributed by atoms with E-state index in [1.54, 1.807) is 10.9 Å². The van der Waals surface area contributed by atoms with Crippen molar-refractivity contribution in [3.63, 3.8) is 0 Å². The third-order valence-corrected chi connectivity index (χ3v) is 6.63.